The maximum Gasteiger partial charge on any atom is 0.250 e. The first-order chi connectivity index (χ1) is 12.5. The predicted octanol–water partition coefficient (Wildman–Crippen LogP) is 2.36. The minimum atomic E-state index is -0.615. The Labute approximate surface area is 152 Å². The van der Waals surface area contributed by atoms with Crippen molar-refractivity contribution in [2.24, 2.45) is 5.73 Å². The molecule has 0 aromatic heterocycles. The number of amides is 2. The third-order valence-corrected chi connectivity index (χ3v) is 4.63. The summed E-state index contributed by atoms with van der Waals surface area (Å²) in [6.45, 7) is 1.06. The summed E-state index contributed by atoms with van der Waals surface area (Å²) in [6.07, 6.45) is 2.38. The van der Waals surface area contributed by atoms with E-state index in [0.717, 1.165) is 24.9 Å². The molecular weight excluding hydrogens is 330 g/mol. The Hall–Kier alpha value is -3.02. The minimum Gasteiger partial charge on any atom is -0.497 e. The fourth-order valence-electron chi connectivity index (χ4n) is 3.29. The van der Waals surface area contributed by atoms with Gasteiger partial charge in [0.1, 0.15) is 5.75 Å². The van der Waals surface area contributed by atoms with Crippen molar-refractivity contribution in [3.8, 4) is 5.75 Å². The largest absolute Gasteiger partial charge is 0.497 e. The molecule has 0 atom stereocenters. The molecule has 3 N–H and O–H groups in total. The van der Waals surface area contributed by atoms with Crippen LogP contribution in [0.1, 0.15) is 27.9 Å². The number of fused-ring (bicyclic) bond motifs is 1. The molecule has 1 aliphatic rings. The third-order valence-electron chi connectivity index (χ3n) is 4.63. The Morgan fingerprint density at radius 2 is 2.04 bits per heavy atom. The Bertz CT molecular complexity index is 848. The molecule has 0 radical (unpaired) electrons. The van der Waals surface area contributed by atoms with E-state index in [1.807, 2.05) is 6.07 Å². The summed E-state index contributed by atoms with van der Waals surface area (Å²) in [7, 11) is 3.59. The second kappa shape index (κ2) is 7.47. The second-order valence-corrected chi connectivity index (χ2v) is 6.49. The Balaban J connectivity index is 1.74. The first-order valence-corrected chi connectivity index (χ1v) is 8.58. The molecule has 2 aromatic carbocycles. The highest BCUT2D eigenvalue weighted by Crippen LogP contribution is 2.27. The number of methoxy groups -OCH3 is 1. The number of rotatable bonds is 5. The number of nitrogens with one attached hydrogen (secondary N) is 1. The van der Waals surface area contributed by atoms with Crippen molar-refractivity contribution < 1.29 is 14.3 Å². The van der Waals surface area contributed by atoms with Crippen LogP contribution < -0.4 is 20.7 Å². The van der Waals surface area contributed by atoms with Gasteiger partial charge < -0.3 is 20.7 Å². The number of carbonyl (C=O) groups is 2. The molecule has 6 heteroatoms. The van der Waals surface area contributed by atoms with Crippen LogP contribution in [0.25, 0.3) is 0 Å². The van der Waals surface area contributed by atoms with E-state index < -0.39 is 5.91 Å². The molecule has 1 heterocycles. The molecular formula is C20H23N3O3. The van der Waals surface area contributed by atoms with E-state index in [1.165, 1.54) is 24.4 Å². The van der Waals surface area contributed by atoms with E-state index in [0.29, 0.717) is 11.4 Å². The van der Waals surface area contributed by atoms with Crippen LogP contribution in [0, 0.1) is 0 Å². The number of anilines is 2. The predicted molar refractivity (Wildman–Crippen MR) is 102 cm³/mol. The molecule has 0 spiro atoms. The topological polar surface area (TPSA) is 84.7 Å². The van der Waals surface area contributed by atoms with Crippen LogP contribution in [0.15, 0.2) is 36.4 Å². The van der Waals surface area contributed by atoms with Gasteiger partial charge in [-0.15, -0.1) is 0 Å². The Morgan fingerprint density at radius 1 is 1.23 bits per heavy atom. The van der Waals surface area contributed by atoms with Crippen LogP contribution in [0.5, 0.6) is 5.75 Å². The fraction of sp³-hybridized carbons (Fsp3) is 0.300. The van der Waals surface area contributed by atoms with Gasteiger partial charge in [0.25, 0.3) is 5.91 Å². The number of benzene rings is 2. The van der Waals surface area contributed by atoms with Gasteiger partial charge in [0.2, 0.25) is 5.91 Å². The summed E-state index contributed by atoms with van der Waals surface area (Å²) >= 11 is 0. The molecule has 6 nitrogen and oxygen atoms in total. The van der Waals surface area contributed by atoms with Gasteiger partial charge in [0.05, 0.1) is 24.8 Å². The van der Waals surface area contributed by atoms with E-state index in [2.05, 4.69) is 29.4 Å². The third kappa shape index (κ3) is 3.79. The van der Waals surface area contributed by atoms with Crippen molar-refractivity contribution in [3.05, 3.63) is 53.1 Å². The first-order valence-electron chi connectivity index (χ1n) is 8.58. The number of hydrogen-bond donors (Lipinski definition) is 2. The van der Waals surface area contributed by atoms with Gasteiger partial charge in [0.15, 0.2) is 0 Å². The minimum absolute atomic E-state index is 0.193. The van der Waals surface area contributed by atoms with Gasteiger partial charge in [-0.05, 0) is 48.2 Å². The SMILES string of the molecule is COc1ccc(NC(=O)Cc2ccc3c(c2)CCCN3C)c(C(N)=O)c1. The van der Waals surface area contributed by atoms with Crippen molar-refractivity contribution in [3.63, 3.8) is 0 Å². The zero-order valence-electron chi connectivity index (χ0n) is 15.0. The summed E-state index contributed by atoms with van der Waals surface area (Å²) in [4.78, 5) is 26.3. The molecule has 2 aromatic rings. The second-order valence-electron chi connectivity index (χ2n) is 6.49. The van der Waals surface area contributed by atoms with Gasteiger partial charge in [0, 0.05) is 19.3 Å². The van der Waals surface area contributed by atoms with Gasteiger partial charge in [-0.1, -0.05) is 12.1 Å². The van der Waals surface area contributed by atoms with Gasteiger partial charge in [-0.25, -0.2) is 0 Å². The van der Waals surface area contributed by atoms with E-state index in [-0.39, 0.29) is 17.9 Å². The normalized spacial score (nSPS) is 13.1. The number of aryl methyl sites for hydroxylation is 1. The summed E-state index contributed by atoms with van der Waals surface area (Å²) in [5.74, 6) is -0.298. The summed E-state index contributed by atoms with van der Waals surface area (Å²) < 4.78 is 5.10. The molecule has 3 rings (SSSR count). The molecule has 0 fully saturated rings. The lowest BCUT2D eigenvalue weighted by Gasteiger charge is -2.27. The van der Waals surface area contributed by atoms with Crippen LogP contribution in [-0.4, -0.2) is 32.5 Å². The Morgan fingerprint density at radius 3 is 2.77 bits per heavy atom. The first kappa shape index (κ1) is 17.8. The molecule has 0 bridgehead atoms. The molecule has 0 saturated carbocycles. The average molecular weight is 353 g/mol. The zero-order valence-corrected chi connectivity index (χ0v) is 15.0. The molecule has 0 aliphatic carbocycles. The summed E-state index contributed by atoms with van der Waals surface area (Å²) in [5.41, 5.74) is 9.47. The van der Waals surface area contributed by atoms with Gasteiger partial charge >= 0.3 is 0 Å². The highest BCUT2D eigenvalue weighted by molar-refractivity contribution is 6.03. The number of ether oxygens (including phenoxy) is 1. The average Bonchev–Trinajstić information content (AvgIpc) is 2.62. The lowest BCUT2D eigenvalue weighted by molar-refractivity contribution is -0.115. The number of carbonyl (C=O) groups excluding carboxylic acids is 2. The van der Waals surface area contributed by atoms with Crippen LogP contribution in [0.2, 0.25) is 0 Å². The van der Waals surface area contributed by atoms with E-state index >= 15 is 0 Å². The van der Waals surface area contributed by atoms with E-state index in [9.17, 15) is 9.59 Å². The smallest absolute Gasteiger partial charge is 0.250 e. The maximum atomic E-state index is 12.4. The van der Waals surface area contributed by atoms with Crippen molar-refractivity contribution in [1.29, 1.82) is 0 Å². The van der Waals surface area contributed by atoms with Crippen molar-refractivity contribution in [1.82, 2.24) is 0 Å². The van der Waals surface area contributed by atoms with Crippen LogP contribution in [0.3, 0.4) is 0 Å². The van der Waals surface area contributed by atoms with E-state index in [4.69, 9.17) is 10.5 Å². The molecule has 26 heavy (non-hydrogen) atoms. The number of nitrogens with two attached hydrogens (primary N) is 1. The molecule has 136 valence electrons. The summed E-state index contributed by atoms with van der Waals surface area (Å²) in [5, 5.41) is 2.77. The summed E-state index contributed by atoms with van der Waals surface area (Å²) in [6, 6.07) is 11.0. The monoisotopic (exact) mass is 353 g/mol. The van der Waals surface area contributed by atoms with Gasteiger partial charge in [-0.2, -0.15) is 0 Å². The van der Waals surface area contributed by atoms with Crippen LogP contribution in [-0.2, 0) is 17.6 Å². The molecule has 2 amide bonds. The lowest BCUT2D eigenvalue weighted by Crippen LogP contribution is -2.25. The van der Waals surface area contributed by atoms with Crippen molar-refractivity contribution in [2.45, 2.75) is 19.3 Å². The lowest BCUT2D eigenvalue weighted by atomic mass is 9.98. The van der Waals surface area contributed by atoms with E-state index in [1.54, 1.807) is 12.1 Å². The number of nitrogens with zero attached hydrogens (tertiary/aromatic N) is 1. The highest BCUT2D eigenvalue weighted by Gasteiger charge is 2.16. The van der Waals surface area contributed by atoms with Crippen LogP contribution >= 0.6 is 0 Å². The van der Waals surface area contributed by atoms with Crippen LogP contribution in [0.4, 0.5) is 11.4 Å². The molecule has 1 aliphatic heterocycles. The van der Waals surface area contributed by atoms with Crippen molar-refractivity contribution >= 4 is 23.2 Å². The molecule has 0 saturated heterocycles. The Kier molecular flexibility index (Phi) is 5.11. The number of hydrogen-bond acceptors (Lipinski definition) is 4. The standard InChI is InChI=1S/C20H23N3O3/c1-23-9-3-4-14-10-13(5-8-18(14)23)11-19(24)22-17-7-6-15(26-2)12-16(17)20(21)25/h5-8,10,12H,3-4,9,11H2,1-2H3,(H2,21,25)(H,22,24). The van der Waals surface area contributed by atoms with Crippen molar-refractivity contribution in [2.75, 3.05) is 30.9 Å². The quantitative estimate of drug-likeness (QED) is 0.864. The number of primary amides is 1. The fourth-order valence-corrected chi connectivity index (χ4v) is 3.29. The molecule has 0 unspecified atom stereocenters. The highest BCUT2D eigenvalue weighted by atomic mass is 16.5. The zero-order chi connectivity index (χ0) is 18.7. The maximum absolute atomic E-state index is 12.4. The van der Waals surface area contributed by atoms with Gasteiger partial charge in [-0.3, -0.25) is 9.59 Å².